The van der Waals surface area contributed by atoms with E-state index >= 15 is 0 Å². The molecular formula is C27H37N3O4S. The van der Waals surface area contributed by atoms with Crippen LogP contribution in [-0.2, 0) is 26.2 Å². The van der Waals surface area contributed by atoms with E-state index < -0.39 is 16.1 Å². The lowest BCUT2D eigenvalue weighted by atomic mass is 10.1. The van der Waals surface area contributed by atoms with Gasteiger partial charge in [-0.2, -0.15) is 0 Å². The molecule has 1 aliphatic rings. The van der Waals surface area contributed by atoms with E-state index in [-0.39, 0.29) is 35.7 Å². The summed E-state index contributed by atoms with van der Waals surface area (Å²) >= 11 is 0. The molecule has 1 fully saturated rings. The Hall–Kier alpha value is -2.71. The summed E-state index contributed by atoms with van der Waals surface area (Å²) in [5.74, 6) is -0.298. The van der Waals surface area contributed by atoms with Crippen LogP contribution in [-0.4, -0.2) is 55.1 Å². The van der Waals surface area contributed by atoms with E-state index in [9.17, 15) is 18.0 Å². The minimum absolute atomic E-state index is 0.137. The lowest BCUT2D eigenvalue weighted by molar-refractivity contribution is -0.141. The Morgan fingerprint density at radius 3 is 2.40 bits per heavy atom. The first-order chi connectivity index (χ1) is 16.7. The van der Waals surface area contributed by atoms with E-state index in [2.05, 4.69) is 5.32 Å². The second kappa shape index (κ2) is 12.3. The van der Waals surface area contributed by atoms with Crippen molar-refractivity contribution < 1.29 is 18.0 Å². The average Bonchev–Trinajstić information content (AvgIpc) is 3.35. The quantitative estimate of drug-likeness (QED) is 0.508. The largest absolute Gasteiger partial charge is 0.352 e. The molecule has 0 spiro atoms. The number of carbonyl (C=O) groups excluding carboxylic acids is 2. The standard InChI is InChI=1S/C27H37N3O4S/c1-21-11-9-12-23(19-21)20-30(22(2)27(32)28-24-13-7-8-14-24)26(31)17-10-18-29(3)35(33,34)25-15-5-4-6-16-25/h4-6,9,11-12,15-16,19,22,24H,7-8,10,13-14,17-18,20H2,1-3H3,(H,28,32)/t22-/m0/s1. The molecule has 2 amide bonds. The molecule has 1 saturated carbocycles. The molecule has 1 atom stereocenters. The molecule has 190 valence electrons. The molecular weight excluding hydrogens is 462 g/mol. The highest BCUT2D eigenvalue weighted by atomic mass is 32.2. The van der Waals surface area contributed by atoms with Gasteiger partial charge in [-0.15, -0.1) is 0 Å². The topological polar surface area (TPSA) is 86.8 Å². The highest BCUT2D eigenvalue weighted by Crippen LogP contribution is 2.19. The minimum Gasteiger partial charge on any atom is -0.352 e. The molecule has 7 nitrogen and oxygen atoms in total. The monoisotopic (exact) mass is 499 g/mol. The van der Waals surface area contributed by atoms with E-state index in [1.54, 1.807) is 42.2 Å². The third kappa shape index (κ3) is 7.39. The van der Waals surface area contributed by atoms with Crippen molar-refractivity contribution in [3.05, 3.63) is 65.7 Å². The SMILES string of the molecule is Cc1cccc(CN(C(=O)CCCN(C)S(=O)(=O)c2ccccc2)[C@@H](C)C(=O)NC2CCCC2)c1. The third-order valence-corrected chi connectivity index (χ3v) is 8.49. The van der Waals surface area contributed by atoms with Crippen molar-refractivity contribution in [1.29, 1.82) is 0 Å². The van der Waals surface area contributed by atoms with Crippen LogP contribution in [0.15, 0.2) is 59.5 Å². The Morgan fingerprint density at radius 2 is 1.74 bits per heavy atom. The van der Waals surface area contributed by atoms with E-state index in [0.717, 1.165) is 36.8 Å². The van der Waals surface area contributed by atoms with E-state index in [1.807, 2.05) is 31.2 Å². The van der Waals surface area contributed by atoms with Gasteiger partial charge in [-0.1, -0.05) is 60.9 Å². The van der Waals surface area contributed by atoms with Gasteiger partial charge in [0, 0.05) is 32.6 Å². The third-order valence-electron chi connectivity index (χ3n) is 6.62. The maximum Gasteiger partial charge on any atom is 0.242 e. The molecule has 1 aliphatic carbocycles. The van der Waals surface area contributed by atoms with Gasteiger partial charge >= 0.3 is 0 Å². The van der Waals surface area contributed by atoms with Crippen LogP contribution in [0.4, 0.5) is 0 Å². The summed E-state index contributed by atoms with van der Waals surface area (Å²) in [4.78, 5) is 28.1. The number of aryl methyl sites for hydroxylation is 1. The highest BCUT2D eigenvalue weighted by molar-refractivity contribution is 7.89. The van der Waals surface area contributed by atoms with Gasteiger partial charge in [-0.25, -0.2) is 12.7 Å². The first-order valence-corrected chi connectivity index (χ1v) is 13.8. The van der Waals surface area contributed by atoms with Gasteiger partial charge in [0.25, 0.3) is 0 Å². The zero-order valence-electron chi connectivity index (χ0n) is 20.9. The number of benzene rings is 2. The lowest BCUT2D eigenvalue weighted by Gasteiger charge is -2.30. The summed E-state index contributed by atoms with van der Waals surface area (Å²) in [5, 5.41) is 3.10. The Labute approximate surface area is 209 Å². The Balaban J connectivity index is 1.65. The van der Waals surface area contributed by atoms with Crippen LogP contribution in [0.25, 0.3) is 0 Å². The Bertz CT molecular complexity index is 1100. The predicted molar refractivity (Wildman–Crippen MR) is 137 cm³/mol. The van der Waals surface area contributed by atoms with Gasteiger partial charge < -0.3 is 10.2 Å². The fourth-order valence-electron chi connectivity index (χ4n) is 4.47. The number of rotatable bonds is 11. The van der Waals surface area contributed by atoms with Crippen molar-refractivity contribution in [2.24, 2.45) is 0 Å². The zero-order chi connectivity index (χ0) is 25.4. The first kappa shape index (κ1) is 26.9. The maximum atomic E-state index is 13.3. The molecule has 2 aromatic carbocycles. The number of amides is 2. The van der Waals surface area contributed by atoms with Gasteiger partial charge in [0.15, 0.2) is 0 Å². The van der Waals surface area contributed by atoms with Crippen LogP contribution in [0.2, 0.25) is 0 Å². The number of nitrogens with zero attached hydrogens (tertiary/aromatic N) is 2. The molecule has 0 aromatic heterocycles. The van der Waals surface area contributed by atoms with Crippen LogP contribution < -0.4 is 5.32 Å². The number of sulfonamides is 1. The first-order valence-electron chi connectivity index (χ1n) is 12.4. The van der Waals surface area contributed by atoms with Gasteiger partial charge in [0.2, 0.25) is 21.8 Å². The molecule has 3 rings (SSSR count). The van der Waals surface area contributed by atoms with Crippen molar-refractivity contribution >= 4 is 21.8 Å². The summed E-state index contributed by atoms with van der Waals surface area (Å²) in [7, 11) is -2.09. The van der Waals surface area contributed by atoms with E-state index in [1.165, 1.54) is 11.4 Å². The van der Waals surface area contributed by atoms with Crippen LogP contribution in [0.3, 0.4) is 0 Å². The number of hydrogen-bond donors (Lipinski definition) is 1. The molecule has 1 N–H and O–H groups in total. The van der Waals surface area contributed by atoms with Crippen LogP contribution in [0.1, 0.15) is 56.6 Å². The Morgan fingerprint density at radius 1 is 1.06 bits per heavy atom. The molecule has 35 heavy (non-hydrogen) atoms. The van der Waals surface area contributed by atoms with Gasteiger partial charge in [-0.3, -0.25) is 9.59 Å². The Kier molecular flexibility index (Phi) is 9.46. The van der Waals surface area contributed by atoms with Crippen LogP contribution >= 0.6 is 0 Å². The summed E-state index contributed by atoms with van der Waals surface area (Å²) < 4.78 is 26.8. The van der Waals surface area contributed by atoms with Gasteiger partial charge in [-0.05, 0) is 50.8 Å². The highest BCUT2D eigenvalue weighted by Gasteiger charge is 2.28. The molecule has 0 saturated heterocycles. The van der Waals surface area contributed by atoms with E-state index in [4.69, 9.17) is 0 Å². The van der Waals surface area contributed by atoms with E-state index in [0.29, 0.717) is 13.0 Å². The fraction of sp³-hybridized carbons (Fsp3) is 0.481. The van der Waals surface area contributed by atoms with Crippen molar-refractivity contribution in [2.75, 3.05) is 13.6 Å². The molecule has 0 radical (unpaired) electrons. The fourth-order valence-corrected chi connectivity index (χ4v) is 5.70. The second-order valence-electron chi connectivity index (χ2n) is 9.42. The number of nitrogens with one attached hydrogen (secondary N) is 1. The summed E-state index contributed by atoms with van der Waals surface area (Å²) in [6.07, 6.45) is 4.71. The minimum atomic E-state index is -3.61. The van der Waals surface area contributed by atoms with Crippen LogP contribution in [0.5, 0.6) is 0 Å². The van der Waals surface area contributed by atoms with Crippen LogP contribution in [0, 0.1) is 6.92 Å². The zero-order valence-corrected chi connectivity index (χ0v) is 21.8. The molecule has 0 aliphatic heterocycles. The average molecular weight is 500 g/mol. The normalized spacial score (nSPS) is 15.2. The molecule has 8 heteroatoms. The second-order valence-corrected chi connectivity index (χ2v) is 11.5. The molecule has 0 heterocycles. The van der Waals surface area contributed by atoms with Crippen molar-refractivity contribution in [1.82, 2.24) is 14.5 Å². The maximum absolute atomic E-state index is 13.3. The molecule has 0 unspecified atom stereocenters. The summed E-state index contributed by atoms with van der Waals surface area (Å²) in [6.45, 7) is 4.31. The lowest BCUT2D eigenvalue weighted by Crippen LogP contribution is -2.49. The smallest absolute Gasteiger partial charge is 0.242 e. The van der Waals surface area contributed by atoms with Gasteiger partial charge in [0.1, 0.15) is 6.04 Å². The van der Waals surface area contributed by atoms with Crippen molar-refractivity contribution in [3.8, 4) is 0 Å². The number of carbonyl (C=O) groups is 2. The summed E-state index contributed by atoms with van der Waals surface area (Å²) in [5.41, 5.74) is 2.05. The van der Waals surface area contributed by atoms with Crippen molar-refractivity contribution in [3.63, 3.8) is 0 Å². The molecule has 0 bridgehead atoms. The number of hydrogen-bond acceptors (Lipinski definition) is 4. The van der Waals surface area contributed by atoms with Crippen molar-refractivity contribution in [2.45, 2.75) is 75.9 Å². The summed E-state index contributed by atoms with van der Waals surface area (Å²) in [6, 6.07) is 15.7. The molecule has 2 aromatic rings. The van der Waals surface area contributed by atoms with Gasteiger partial charge in [0.05, 0.1) is 4.90 Å². The predicted octanol–water partition coefficient (Wildman–Crippen LogP) is 3.87.